The molecule has 162 valence electrons. The van der Waals surface area contributed by atoms with E-state index in [1.165, 1.54) is 27.1 Å². The maximum Gasteiger partial charge on any atom is 0.416 e. The minimum absolute atomic E-state index is 0.0296. The summed E-state index contributed by atoms with van der Waals surface area (Å²) in [6.07, 6.45) is 2.82. The van der Waals surface area contributed by atoms with E-state index < -0.39 is 6.09 Å². The highest BCUT2D eigenvalue weighted by atomic mass is 16.6. The summed E-state index contributed by atoms with van der Waals surface area (Å²) in [5.41, 5.74) is 6.45. The predicted octanol–water partition coefficient (Wildman–Crippen LogP) is 4.64. The highest BCUT2D eigenvalue weighted by molar-refractivity contribution is 6.12. The van der Waals surface area contributed by atoms with E-state index in [2.05, 4.69) is 25.9 Å². The van der Waals surface area contributed by atoms with Crippen LogP contribution in [0.3, 0.4) is 0 Å². The molecule has 1 aliphatic rings. The lowest BCUT2D eigenvalue weighted by Crippen LogP contribution is -2.30. The fourth-order valence-electron chi connectivity index (χ4n) is 4.72. The van der Waals surface area contributed by atoms with Crippen molar-refractivity contribution in [3.63, 3.8) is 0 Å². The van der Waals surface area contributed by atoms with Gasteiger partial charge in [0.25, 0.3) is 0 Å². The number of nitrogens with zero attached hydrogens (tertiary/aromatic N) is 3. The fraction of sp³-hybridized carbons (Fsp3) is 0.542. The van der Waals surface area contributed by atoms with Crippen LogP contribution in [0, 0.1) is 20.8 Å². The summed E-state index contributed by atoms with van der Waals surface area (Å²) >= 11 is 0. The molecule has 0 aliphatic heterocycles. The van der Waals surface area contributed by atoms with Crippen LogP contribution in [0.2, 0.25) is 0 Å². The minimum Gasteiger partial charge on any atom is -0.391 e. The summed E-state index contributed by atoms with van der Waals surface area (Å²) in [6.45, 7) is 12.8. The number of amides is 1. The number of hydrogen-bond acceptors (Lipinski definition) is 4. The minimum atomic E-state index is -0.506. The van der Waals surface area contributed by atoms with E-state index in [9.17, 15) is 9.59 Å². The predicted molar refractivity (Wildman–Crippen MR) is 118 cm³/mol. The molecule has 30 heavy (non-hydrogen) atoms. The second kappa shape index (κ2) is 7.89. The average Bonchev–Trinajstić information content (AvgIpc) is 2.95. The third-order valence-electron chi connectivity index (χ3n) is 6.43. The van der Waals surface area contributed by atoms with Gasteiger partial charge >= 0.3 is 6.09 Å². The largest absolute Gasteiger partial charge is 0.416 e. The Morgan fingerprint density at radius 2 is 1.93 bits per heavy atom. The zero-order valence-corrected chi connectivity index (χ0v) is 19.5. The van der Waals surface area contributed by atoms with Gasteiger partial charge in [0.1, 0.15) is 5.56 Å². The Hall–Kier alpha value is -2.63. The van der Waals surface area contributed by atoms with E-state index in [0.29, 0.717) is 23.4 Å². The number of aryl methyl sites for hydroxylation is 3. The smallest absolute Gasteiger partial charge is 0.391 e. The molecule has 1 heterocycles. The van der Waals surface area contributed by atoms with Crippen molar-refractivity contribution in [2.75, 3.05) is 13.6 Å². The molecule has 3 rings (SSSR count). The van der Waals surface area contributed by atoms with Crippen LogP contribution in [0.4, 0.5) is 4.79 Å². The highest BCUT2D eigenvalue weighted by Crippen LogP contribution is 2.42. The van der Waals surface area contributed by atoms with Crippen molar-refractivity contribution in [2.24, 2.45) is 7.05 Å². The van der Waals surface area contributed by atoms with Gasteiger partial charge in [-0.1, -0.05) is 13.8 Å². The Morgan fingerprint density at radius 1 is 1.27 bits per heavy atom. The van der Waals surface area contributed by atoms with E-state index in [0.717, 1.165) is 24.0 Å². The van der Waals surface area contributed by atoms with E-state index in [1.54, 1.807) is 21.0 Å². The molecular weight excluding hydrogens is 378 g/mol. The molecule has 6 nitrogen and oxygen atoms in total. The van der Waals surface area contributed by atoms with E-state index in [-0.39, 0.29) is 17.1 Å². The van der Waals surface area contributed by atoms with E-state index >= 15 is 0 Å². The molecule has 0 radical (unpaired) electrons. The first-order valence-electron chi connectivity index (χ1n) is 10.6. The lowest BCUT2D eigenvalue weighted by molar-refractivity contribution is 0.103. The molecule has 0 saturated heterocycles. The molecule has 0 N–H and O–H groups in total. The number of hydrogen-bond donors (Lipinski definition) is 0. The lowest BCUT2D eigenvalue weighted by atomic mass is 9.68. The second-order valence-electron chi connectivity index (χ2n) is 9.06. The number of ketones is 1. The van der Waals surface area contributed by atoms with E-state index in [4.69, 9.17) is 4.74 Å². The Balaban J connectivity index is 2.13. The third-order valence-corrected chi connectivity index (χ3v) is 6.43. The second-order valence-corrected chi connectivity index (χ2v) is 9.06. The van der Waals surface area contributed by atoms with Crippen LogP contribution in [0.5, 0.6) is 5.88 Å². The fourth-order valence-corrected chi connectivity index (χ4v) is 4.72. The maximum atomic E-state index is 13.7. The molecule has 0 spiro atoms. The van der Waals surface area contributed by atoms with Gasteiger partial charge in [0.15, 0.2) is 0 Å². The normalized spacial score (nSPS) is 14.9. The summed E-state index contributed by atoms with van der Waals surface area (Å²) in [5, 5.41) is 4.36. The molecule has 1 aromatic carbocycles. The zero-order chi connectivity index (χ0) is 22.4. The van der Waals surface area contributed by atoms with Crippen LogP contribution in [-0.2, 0) is 18.9 Å². The molecule has 0 unspecified atom stereocenters. The topological polar surface area (TPSA) is 64.4 Å². The van der Waals surface area contributed by atoms with Gasteiger partial charge in [0.2, 0.25) is 11.7 Å². The van der Waals surface area contributed by atoms with Gasteiger partial charge in [-0.2, -0.15) is 5.10 Å². The van der Waals surface area contributed by atoms with Crippen LogP contribution in [0.15, 0.2) is 6.07 Å². The standard InChI is InChI=1S/C24H33N3O3/c1-9-26(7)23(29)30-22-19(16(4)25-27(22)8)21(28)18-13-14(2)17-11-10-12-24(5,6)20(17)15(18)3/h13H,9-12H2,1-8H3. The van der Waals surface area contributed by atoms with E-state index in [1.807, 2.05) is 19.9 Å². The van der Waals surface area contributed by atoms with Crippen molar-refractivity contribution < 1.29 is 14.3 Å². The SMILES string of the molecule is CCN(C)C(=O)Oc1c(C(=O)c2cc(C)c3c(c2C)C(C)(C)CCC3)c(C)nn1C. The lowest BCUT2D eigenvalue weighted by Gasteiger charge is -2.36. The summed E-state index contributed by atoms with van der Waals surface area (Å²) in [7, 11) is 3.35. The summed E-state index contributed by atoms with van der Waals surface area (Å²) in [4.78, 5) is 27.6. The maximum absolute atomic E-state index is 13.7. The number of benzene rings is 1. The molecule has 0 fully saturated rings. The summed E-state index contributed by atoms with van der Waals surface area (Å²) in [5.74, 6) is 0.0455. The van der Waals surface area contributed by atoms with Crippen molar-refractivity contribution >= 4 is 11.9 Å². The quantitative estimate of drug-likeness (QED) is 0.688. The van der Waals surface area contributed by atoms with Crippen LogP contribution in [0.1, 0.15) is 77.5 Å². The molecule has 2 aromatic rings. The van der Waals surface area contributed by atoms with Crippen molar-refractivity contribution in [1.29, 1.82) is 0 Å². The highest BCUT2D eigenvalue weighted by Gasteiger charge is 2.34. The van der Waals surface area contributed by atoms with Crippen LogP contribution in [-0.4, -0.2) is 40.1 Å². The van der Waals surface area contributed by atoms with Gasteiger partial charge in [0, 0.05) is 26.2 Å². The van der Waals surface area contributed by atoms with Crippen LogP contribution >= 0.6 is 0 Å². The number of ether oxygens (including phenoxy) is 1. The van der Waals surface area contributed by atoms with Crippen molar-refractivity contribution in [3.05, 3.63) is 45.1 Å². The molecule has 0 atom stereocenters. The van der Waals surface area contributed by atoms with Gasteiger partial charge in [-0.15, -0.1) is 0 Å². The molecular formula is C24H33N3O3. The van der Waals surface area contributed by atoms with Crippen molar-refractivity contribution in [3.8, 4) is 5.88 Å². The van der Waals surface area contributed by atoms with Gasteiger partial charge < -0.3 is 9.64 Å². The van der Waals surface area contributed by atoms with Crippen molar-refractivity contribution in [2.45, 2.75) is 66.2 Å². The summed E-state index contributed by atoms with van der Waals surface area (Å²) < 4.78 is 7.05. The first-order valence-corrected chi connectivity index (χ1v) is 10.6. The number of rotatable bonds is 4. The Labute approximate surface area is 179 Å². The Kier molecular flexibility index (Phi) is 5.81. The van der Waals surface area contributed by atoms with Crippen LogP contribution < -0.4 is 4.74 Å². The first-order chi connectivity index (χ1) is 14.0. The number of carbonyl (C=O) groups is 2. The average molecular weight is 412 g/mol. The molecule has 0 saturated carbocycles. The van der Waals surface area contributed by atoms with Crippen molar-refractivity contribution in [1.82, 2.24) is 14.7 Å². The summed E-state index contributed by atoms with van der Waals surface area (Å²) in [6, 6.07) is 1.99. The molecule has 0 bridgehead atoms. The number of fused-ring (bicyclic) bond motifs is 1. The molecule has 6 heteroatoms. The molecule has 1 aliphatic carbocycles. The van der Waals surface area contributed by atoms with Crippen LogP contribution in [0.25, 0.3) is 0 Å². The monoisotopic (exact) mass is 411 g/mol. The Bertz CT molecular complexity index is 1020. The number of carbonyl (C=O) groups excluding carboxylic acids is 2. The van der Waals surface area contributed by atoms with Gasteiger partial charge in [-0.25, -0.2) is 9.48 Å². The number of aromatic nitrogens is 2. The first kappa shape index (κ1) is 22.1. The zero-order valence-electron chi connectivity index (χ0n) is 19.5. The molecule has 1 aromatic heterocycles. The van der Waals surface area contributed by atoms with Gasteiger partial charge in [-0.05, 0) is 80.7 Å². The van der Waals surface area contributed by atoms with Gasteiger partial charge in [0.05, 0.1) is 5.69 Å². The third kappa shape index (κ3) is 3.64. The Morgan fingerprint density at radius 3 is 2.57 bits per heavy atom. The molecule has 1 amide bonds. The van der Waals surface area contributed by atoms with Gasteiger partial charge in [-0.3, -0.25) is 4.79 Å².